The third kappa shape index (κ3) is 4.22. The van der Waals surface area contributed by atoms with Gasteiger partial charge in [0.2, 0.25) is 0 Å². The Bertz CT molecular complexity index is 587. The first kappa shape index (κ1) is 19.0. The fourth-order valence-corrected chi connectivity index (χ4v) is 3.57. The maximum absolute atomic E-state index is 8.93. The van der Waals surface area contributed by atoms with Crippen LogP contribution in [0.15, 0.2) is 41.8 Å². The molecule has 0 spiro atoms. The summed E-state index contributed by atoms with van der Waals surface area (Å²) in [5, 5.41) is 14.5. The number of hydrogen-bond donors (Lipinski definition) is 1. The Hall–Kier alpha value is -1.09. The van der Waals surface area contributed by atoms with Gasteiger partial charge in [-0.25, -0.2) is 0 Å². The second kappa shape index (κ2) is 9.14. The van der Waals surface area contributed by atoms with Crippen LogP contribution in [0.2, 0.25) is 0 Å². The van der Waals surface area contributed by atoms with Gasteiger partial charge in [-0.3, -0.25) is 4.90 Å². The fourth-order valence-electron chi connectivity index (χ4n) is 2.68. The Morgan fingerprint density at radius 2 is 1.77 bits per heavy atom. The molecule has 1 aliphatic heterocycles. The highest BCUT2D eigenvalue weighted by molar-refractivity contribution is 7.10. The van der Waals surface area contributed by atoms with Crippen LogP contribution in [0, 0.1) is 11.3 Å². The summed E-state index contributed by atoms with van der Waals surface area (Å²) in [5.74, 6) is 0. The standard InChI is InChI=1S/C16H17N3S.2ClH/c17-12-13-3-5-14(6-4-13)16(15-2-1-11-20-15)19-9-7-18-8-10-19;;/h1-6,11,16,18H,7-10H2;2*1H/t16-;;/m0../s1. The van der Waals surface area contributed by atoms with E-state index in [2.05, 4.69) is 45.9 Å². The van der Waals surface area contributed by atoms with Crippen molar-refractivity contribution in [1.82, 2.24) is 10.2 Å². The summed E-state index contributed by atoms with van der Waals surface area (Å²) in [6.07, 6.45) is 0. The molecular weight excluding hydrogens is 337 g/mol. The smallest absolute Gasteiger partial charge is 0.0991 e. The molecule has 1 aromatic carbocycles. The number of nitrogens with one attached hydrogen (secondary N) is 1. The lowest BCUT2D eigenvalue weighted by atomic mass is 10.0. The zero-order chi connectivity index (χ0) is 13.8. The van der Waals surface area contributed by atoms with Gasteiger partial charge in [-0.15, -0.1) is 36.2 Å². The summed E-state index contributed by atoms with van der Waals surface area (Å²) >= 11 is 1.80. The van der Waals surface area contributed by atoms with E-state index >= 15 is 0 Å². The number of nitriles is 1. The van der Waals surface area contributed by atoms with Gasteiger partial charge >= 0.3 is 0 Å². The Morgan fingerprint density at radius 1 is 1.09 bits per heavy atom. The molecule has 1 aliphatic rings. The first-order valence-corrected chi connectivity index (χ1v) is 7.74. The van der Waals surface area contributed by atoms with Crippen LogP contribution < -0.4 is 5.32 Å². The monoisotopic (exact) mass is 355 g/mol. The van der Waals surface area contributed by atoms with Crippen molar-refractivity contribution < 1.29 is 0 Å². The molecule has 6 heteroatoms. The zero-order valence-corrected chi connectivity index (χ0v) is 14.5. The normalized spacial score (nSPS) is 16.0. The van der Waals surface area contributed by atoms with Crippen molar-refractivity contribution in [3.63, 3.8) is 0 Å². The first-order valence-electron chi connectivity index (χ1n) is 6.87. The minimum atomic E-state index is 0. The number of rotatable bonds is 3. The number of halogens is 2. The second-order valence-corrected chi connectivity index (χ2v) is 5.92. The number of thiophene rings is 1. The van der Waals surface area contributed by atoms with Gasteiger partial charge < -0.3 is 5.32 Å². The van der Waals surface area contributed by atoms with Crippen molar-refractivity contribution in [3.05, 3.63) is 57.8 Å². The highest BCUT2D eigenvalue weighted by Crippen LogP contribution is 2.32. The topological polar surface area (TPSA) is 39.1 Å². The fraction of sp³-hybridized carbons (Fsp3) is 0.312. The van der Waals surface area contributed by atoms with Gasteiger partial charge in [-0.05, 0) is 29.1 Å². The van der Waals surface area contributed by atoms with E-state index in [1.807, 2.05) is 12.1 Å². The third-order valence-corrected chi connectivity index (χ3v) is 4.61. The van der Waals surface area contributed by atoms with Gasteiger partial charge in [0.05, 0.1) is 17.7 Å². The number of hydrogen-bond acceptors (Lipinski definition) is 4. The van der Waals surface area contributed by atoms with Gasteiger partial charge in [-0.1, -0.05) is 18.2 Å². The molecule has 1 aromatic heterocycles. The summed E-state index contributed by atoms with van der Waals surface area (Å²) in [7, 11) is 0. The highest BCUT2D eigenvalue weighted by atomic mass is 35.5. The Balaban J connectivity index is 0.00000121. The Morgan fingerprint density at radius 3 is 2.32 bits per heavy atom. The van der Waals surface area contributed by atoms with Gasteiger partial charge in [0.15, 0.2) is 0 Å². The molecule has 1 atom stereocenters. The van der Waals surface area contributed by atoms with Gasteiger partial charge in [0.1, 0.15) is 0 Å². The van der Waals surface area contributed by atoms with Crippen LogP contribution in [-0.2, 0) is 0 Å². The first-order chi connectivity index (χ1) is 9.88. The molecule has 0 radical (unpaired) electrons. The van der Waals surface area contributed by atoms with Crippen LogP contribution in [-0.4, -0.2) is 31.1 Å². The molecular formula is C16H19Cl2N3S. The van der Waals surface area contributed by atoms with Crippen LogP contribution in [0.25, 0.3) is 0 Å². The lowest BCUT2D eigenvalue weighted by molar-refractivity contribution is 0.200. The molecule has 2 heterocycles. The molecule has 22 heavy (non-hydrogen) atoms. The number of piperazine rings is 1. The molecule has 0 aliphatic carbocycles. The van der Waals surface area contributed by atoms with E-state index in [0.717, 1.165) is 31.7 Å². The van der Waals surface area contributed by atoms with Crippen molar-refractivity contribution in [1.29, 1.82) is 5.26 Å². The van der Waals surface area contributed by atoms with Crippen molar-refractivity contribution in [2.75, 3.05) is 26.2 Å². The molecule has 3 nitrogen and oxygen atoms in total. The maximum atomic E-state index is 8.93. The average Bonchev–Trinajstić information content (AvgIpc) is 3.03. The van der Waals surface area contributed by atoms with Crippen LogP contribution in [0.1, 0.15) is 22.0 Å². The average molecular weight is 356 g/mol. The summed E-state index contributed by atoms with van der Waals surface area (Å²) in [4.78, 5) is 3.89. The van der Waals surface area contributed by atoms with E-state index in [-0.39, 0.29) is 24.8 Å². The van der Waals surface area contributed by atoms with E-state index in [1.54, 1.807) is 11.3 Å². The predicted octanol–water partition coefficient (Wildman–Crippen LogP) is 3.46. The SMILES string of the molecule is Cl.Cl.N#Cc1ccc([C@@H](c2cccs2)N2CCNCC2)cc1. The minimum Gasteiger partial charge on any atom is -0.314 e. The van der Waals surface area contributed by atoms with Gasteiger partial charge in [-0.2, -0.15) is 5.26 Å². The van der Waals surface area contributed by atoms with E-state index < -0.39 is 0 Å². The second-order valence-electron chi connectivity index (χ2n) is 4.94. The molecule has 0 amide bonds. The summed E-state index contributed by atoms with van der Waals surface area (Å²) in [5.41, 5.74) is 1.99. The van der Waals surface area contributed by atoms with Crippen LogP contribution in [0.3, 0.4) is 0 Å². The molecule has 1 N–H and O–H groups in total. The van der Waals surface area contributed by atoms with E-state index in [4.69, 9.17) is 5.26 Å². The van der Waals surface area contributed by atoms with Crippen molar-refractivity contribution in [3.8, 4) is 6.07 Å². The van der Waals surface area contributed by atoms with Crippen molar-refractivity contribution in [2.24, 2.45) is 0 Å². The summed E-state index contributed by atoms with van der Waals surface area (Å²) in [6.45, 7) is 4.20. The molecule has 1 fully saturated rings. The molecule has 0 unspecified atom stereocenters. The van der Waals surface area contributed by atoms with E-state index in [9.17, 15) is 0 Å². The largest absolute Gasteiger partial charge is 0.314 e. The molecule has 2 aromatic rings. The van der Waals surface area contributed by atoms with E-state index in [0.29, 0.717) is 6.04 Å². The number of benzene rings is 1. The van der Waals surface area contributed by atoms with Crippen molar-refractivity contribution in [2.45, 2.75) is 6.04 Å². The molecule has 3 rings (SSSR count). The molecule has 1 saturated heterocycles. The number of nitrogens with zero attached hydrogens (tertiary/aromatic N) is 2. The highest BCUT2D eigenvalue weighted by Gasteiger charge is 2.24. The Labute approximate surface area is 147 Å². The van der Waals surface area contributed by atoms with E-state index in [1.165, 1.54) is 10.4 Å². The van der Waals surface area contributed by atoms with Crippen LogP contribution in [0.5, 0.6) is 0 Å². The minimum absolute atomic E-state index is 0. The van der Waals surface area contributed by atoms with Crippen LogP contribution in [0.4, 0.5) is 0 Å². The maximum Gasteiger partial charge on any atom is 0.0991 e. The van der Waals surface area contributed by atoms with Gasteiger partial charge in [0.25, 0.3) is 0 Å². The lowest BCUT2D eigenvalue weighted by Crippen LogP contribution is -2.45. The van der Waals surface area contributed by atoms with Crippen LogP contribution >= 0.6 is 36.2 Å². The van der Waals surface area contributed by atoms with Gasteiger partial charge in [0, 0.05) is 31.1 Å². The van der Waals surface area contributed by atoms with Crippen molar-refractivity contribution >= 4 is 36.2 Å². The summed E-state index contributed by atoms with van der Waals surface area (Å²) < 4.78 is 0. The molecule has 0 saturated carbocycles. The lowest BCUT2D eigenvalue weighted by Gasteiger charge is -2.34. The molecule has 118 valence electrons. The zero-order valence-electron chi connectivity index (χ0n) is 12.1. The Kier molecular flexibility index (Phi) is 7.88. The third-order valence-electron chi connectivity index (χ3n) is 3.68. The predicted molar refractivity (Wildman–Crippen MR) is 96.3 cm³/mol. The molecule has 0 bridgehead atoms. The summed E-state index contributed by atoms with van der Waals surface area (Å²) in [6, 6.07) is 14.8. The quantitative estimate of drug-likeness (QED) is 0.916.